The maximum atomic E-state index is 13.2. The van der Waals surface area contributed by atoms with Gasteiger partial charge in [-0.1, -0.05) is 49.8 Å². The van der Waals surface area contributed by atoms with Crippen molar-refractivity contribution in [1.29, 1.82) is 0 Å². The van der Waals surface area contributed by atoms with Gasteiger partial charge >= 0.3 is 11.9 Å². The minimum Gasteiger partial charge on any atom is -0.466 e. The molecule has 0 saturated carbocycles. The Balaban J connectivity index is 1.74. The van der Waals surface area contributed by atoms with Crippen LogP contribution in [0.5, 0.6) is 0 Å². The van der Waals surface area contributed by atoms with Crippen molar-refractivity contribution >= 4 is 17.8 Å². The van der Waals surface area contributed by atoms with Crippen LogP contribution in [0, 0.1) is 11.8 Å². The van der Waals surface area contributed by atoms with Crippen molar-refractivity contribution in [1.82, 2.24) is 4.90 Å². The zero-order chi connectivity index (χ0) is 30.5. The molecule has 42 heavy (non-hydrogen) atoms. The average Bonchev–Trinajstić information content (AvgIpc) is 2.94. The van der Waals surface area contributed by atoms with Gasteiger partial charge in [0.15, 0.2) is 0 Å². The highest BCUT2D eigenvalue weighted by atomic mass is 16.6. The van der Waals surface area contributed by atoms with Crippen LogP contribution in [-0.4, -0.2) is 74.5 Å². The molecule has 0 spiro atoms. The van der Waals surface area contributed by atoms with Crippen LogP contribution in [0.1, 0.15) is 84.5 Å². The molecule has 234 valence electrons. The molecule has 2 fully saturated rings. The van der Waals surface area contributed by atoms with Crippen molar-refractivity contribution in [3.8, 4) is 0 Å². The number of fused-ring (bicyclic) bond motifs is 4. The summed E-state index contributed by atoms with van der Waals surface area (Å²) in [7, 11) is 4.91. The van der Waals surface area contributed by atoms with E-state index in [4.69, 9.17) is 18.9 Å². The Morgan fingerprint density at radius 2 is 1.69 bits per heavy atom. The zero-order valence-electron chi connectivity index (χ0n) is 26.2. The third kappa shape index (κ3) is 11.9. The first kappa shape index (κ1) is 33.8. The Morgan fingerprint density at radius 1 is 0.976 bits per heavy atom. The zero-order valence-corrected chi connectivity index (χ0v) is 26.2. The van der Waals surface area contributed by atoms with Crippen LogP contribution in [-0.2, 0) is 33.3 Å². The van der Waals surface area contributed by atoms with Crippen molar-refractivity contribution in [2.24, 2.45) is 11.8 Å². The monoisotopic (exact) mass is 585 g/mol. The van der Waals surface area contributed by atoms with E-state index in [1.807, 2.05) is 24.3 Å². The molecule has 7 atom stereocenters. The lowest BCUT2D eigenvalue weighted by molar-refractivity contribution is -0.154. The van der Waals surface area contributed by atoms with Crippen molar-refractivity contribution < 1.29 is 33.3 Å². The summed E-state index contributed by atoms with van der Waals surface area (Å²) in [5.74, 6) is -0.281. The molecule has 0 radical (unpaired) electrons. The molecule has 0 N–H and O–H groups in total. The lowest BCUT2D eigenvalue weighted by Crippen LogP contribution is -2.37. The van der Waals surface area contributed by atoms with Crippen LogP contribution >= 0.6 is 0 Å². The number of ether oxygens (including phenoxy) is 4. The Bertz CT molecular complexity index is 1010. The van der Waals surface area contributed by atoms with Crippen LogP contribution in [0.15, 0.2) is 48.1 Å². The molecule has 1 amide bonds. The smallest absolute Gasteiger partial charge is 0.330 e. The van der Waals surface area contributed by atoms with Gasteiger partial charge in [-0.25, -0.2) is 4.79 Å². The lowest BCUT2D eigenvalue weighted by atomic mass is 9.89. The van der Waals surface area contributed by atoms with Gasteiger partial charge in [0.05, 0.1) is 37.9 Å². The molecule has 8 heteroatoms. The number of hydrogen-bond donors (Lipinski definition) is 0. The molecule has 4 bridgehead atoms. The number of cyclic esters (lactones) is 1. The van der Waals surface area contributed by atoms with E-state index < -0.39 is 6.10 Å². The van der Waals surface area contributed by atoms with Crippen LogP contribution in [0.4, 0.5) is 0 Å². The van der Waals surface area contributed by atoms with Gasteiger partial charge in [0, 0.05) is 38.9 Å². The van der Waals surface area contributed by atoms with Crippen molar-refractivity contribution in [3.05, 3.63) is 48.1 Å². The van der Waals surface area contributed by atoms with E-state index in [9.17, 15) is 14.4 Å². The number of allylic oxidation sites excluding steroid dienone is 4. The maximum Gasteiger partial charge on any atom is 0.330 e. The van der Waals surface area contributed by atoms with Gasteiger partial charge in [0.2, 0.25) is 5.91 Å². The van der Waals surface area contributed by atoms with Crippen molar-refractivity contribution in [3.63, 3.8) is 0 Å². The molecule has 8 nitrogen and oxygen atoms in total. The molecule has 0 unspecified atom stereocenters. The summed E-state index contributed by atoms with van der Waals surface area (Å²) in [5, 5.41) is 0. The van der Waals surface area contributed by atoms with Crippen molar-refractivity contribution in [2.75, 3.05) is 21.2 Å². The van der Waals surface area contributed by atoms with Gasteiger partial charge in [-0.2, -0.15) is 0 Å². The molecule has 0 aliphatic carbocycles. The van der Waals surface area contributed by atoms with E-state index in [0.29, 0.717) is 25.2 Å². The van der Waals surface area contributed by atoms with Gasteiger partial charge < -0.3 is 23.8 Å². The summed E-state index contributed by atoms with van der Waals surface area (Å²) in [4.78, 5) is 38.6. The number of hydrogen-bond acceptors (Lipinski definition) is 7. The molecule has 3 rings (SSSR count). The molecule has 3 aliphatic heterocycles. The normalized spacial score (nSPS) is 32.9. The topological polar surface area (TPSA) is 91.4 Å². The predicted octanol–water partition coefficient (Wildman–Crippen LogP) is 5.87. The van der Waals surface area contributed by atoms with E-state index >= 15 is 0 Å². The van der Waals surface area contributed by atoms with Gasteiger partial charge in [0.25, 0.3) is 0 Å². The third-order valence-electron chi connectivity index (χ3n) is 8.22. The number of rotatable bonds is 7. The molecule has 3 heterocycles. The third-order valence-corrected chi connectivity index (χ3v) is 8.22. The average molecular weight is 586 g/mol. The van der Waals surface area contributed by atoms with Gasteiger partial charge in [0.1, 0.15) is 6.10 Å². The Morgan fingerprint density at radius 3 is 2.43 bits per heavy atom. The number of methoxy groups -OCH3 is 1. The Hall–Kier alpha value is -2.71. The first-order valence-electron chi connectivity index (χ1n) is 15.6. The lowest BCUT2D eigenvalue weighted by Gasteiger charge is -2.37. The first-order chi connectivity index (χ1) is 20.1. The summed E-state index contributed by atoms with van der Waals surface area (Å²) in [6.45, 7) is 4.27. The largest absolute Gasteiger partial charge is 0.466 e. The first-order valence-corrected chi connectivity index (χ1v) is 15.6. The highest BCUT2D eigenvalue weighted by Crippen LogP contribution is 2.33. The van der Waals surface area contributed by atoms with Gasteiger partial charge in [-0.05, 0) is 63.4 Å². The molecule has 3 aliphatic rings. The van der Waals surface area contributed by atoms with Gasteiger partial charge in [-0.15, -0.1) is 0 Å². The molecule has 0 aromatic rings. The number of carbonyl (C=O) groups is 3. The highest BCUT2D eigenvalue weighted by molar-refractivity contribution is 5.82. The second-order valence-electron chi connectivity index (χ2n) is 12.3. The molecular formula is C34H51NO7. The SMILES string of the molecule is COC(=O)/C=C1\C[C@H]2CC(=O)O[C@@H](/C=C/C=C\CCCC(=O)N(C)C)[C@@H](C)/C=C/[C@H](C)C[C@H]3CCC[C@@H](C[C@@H](C1)O2)O3. The summed E-state index contributed by atoms with van der Waals surface area (Å²) >= 11 is 0. The van der Waals surface area contributed by atoms with Gasteiger partial charge in [-0.3, -0.25) is 9.59 Å². The molecular weight excluding hydrogens is 534 g/mol. The van der Waals surface area contributed by atoms with E-state index in [1.165, 1.54) is 7.11 Å². The predicted molar refractivity (Wildman–Crippen MR) is 163 cm³/mol. The second kappa shape index (κ2) is 17.4. The van der Waals surface area contributed by atoms with Crippen molar-refractivity contribution in [2.45, 2.75) is 115 Å². The number of esters is 2. The minimum absolute atomic E-state index is 0.0264. The minimum atomic E-state index is -0.436. The summed E-state index contributed by atoms with van der Waals surface area (Å²) in [6, 6.07) is 0. The number of carbonyl (C=O) groups excluding carboxylic acids is 3. The summed E-state index contributed by atoms with van der Waals surface area (Å²) in [5.41, 5.74) is 0.933. The van der Waals surface area contributed by atoms with E-state index in [0.717, 1.165) is 50.5 Å². The van der Waals surface area contributed by atoms with Crippen LogP contribution in [0.25, 0.3) is 0 Å². The van der Waals surface area contributed by atoms with E-state index in [1.54, 1.807) is 25.1 Å². The van der Waals surface area contributed by atoms with Crippen LogP contribution in [0.2, 0.25) is 0 Å². The Kier molecular flexibility index (Phi) is 14.0. The molecule has 0 aromatic carbocycles. The number of unbranched alkanes of at least 4 members (excludes halogenated alkanes) is 1. The summed E-state index contributed by atoms with van der Waals surface area (Å²) < 4.78 is 23.8. The Labute approximate surface area is 252 Å². The number of nitrogens with zero attached hydrogens (tertiary/aromatic N) is 1. The second-order valence-corrected chi connectivity index (χ2v) is 12.3. The number of amides is 1. The van der Waals surface area contributed by atoms with Crippen LogP contribution < -0.4 is 0 Å². The van der Waals surface area contributed by atoms with E-state index in [2.05, 4.69) is 26.0 Å². The fraction of sp³-hybridized carbons (Fsp3) is 0.676. The maximum absolute atomic E-state index is 13.2. The molecule has 2 saturated heterocycles. The van der Waals surface area contributed by atoms with E-state index in [-0.39, 0.29) is 54.6 Å². The fourth-order valence-corrected chi connectivity index (χ4v) is 5.88. The van der Waals surface area contributed by atoms with Crippen LogP contribution in [0.3, 0.4) is 0 Å². The fourth-order valence-electron chi connectivity index (χ4n) is 5.88. The highest BCUT2D eigenvalue weighted by Gasteiger charge is 2.33. The summed E-state index contributed by atoms with van der Waals surface area (Å²) in [6.07, 6.45) is 21.3. The standard InChI is InChI=1S/C34H51NO7/c1-24-16-17-25(2)31(14-9-7-6-8-10-15-32(36)35(3)4)42-34(38)23-30-20-26(21-33(37)39-5)19-29(41-30)22-28-13-11-12-27(18-24)40-28/h6-7,9,14,16-17,21,24-25,27-31H,8,10-13,15,18-20,22-23H2,1-5H3/b7-6-,14-9+,17-16+,26-21-/t24-,25-,27+,28-,29+,30-,31-/m0/s1. The molecule has 0 aromatic heterocycles. The quantitative estimate of drug-likeness (QED) is 0.121.